The lowest BCUT2D eigenvalue weighted by Gasteiger charge is -2.13. The minimum atomic E-state index is -4.48. The van der Waals surface area contributed by atoms with E-state index in [4.69, 9.17) is 0 Å². The zero-order chi connectivity index (χ0) is 10.9. The van der Waals surface area contributed by atoms with Crippen LogP contribution in [0.1, 0.15) is 20.3 Å². The molecule has 0 N–H and O–H groups in total. The second-order valence-electron chi connectivity index (χ2n) is 3.59. The van der Waals surface area contributed by atoms with E-state index in [2.05, 4.69) is 5.10 Å². The largest absolute Gasteiger partial charge is 0.431 e. The molecule has 14 heavy (non-hydrogen) atoms. The molecule has 0 spiro atoms. The first-order valence-corrected chi connectivity index (χ1v) is 4.25. The molecule has 6 heteroatoms. The fraction of sp³-hybridized carbons (Fsp3) is 0.750. The number of carbonyl (C=O) groups excluding carboxylic acids is 1. The van der Waals surface area contributed by atoms with Crippen LogP contribution >= 0.6 is 0 Å². The molecule has 1 aliphatic heterocycles. The predicted octanol–water partition coefficient (Wildman–Crippen LogP) is 1.79. The van der Waals surface area contributed by atoms with Gasteiger partial charge in [-0.3, -0.25) is 4.79 Å². The summed E-state index contributed by atoms with van der Waals surface area (Å²) in [4.78, 5) is 11.1. The van der Waals surface area contributed by atoms with Crippen molar-refractivity contribution in [2.75, 3.05) is 6.54 Å². The number of hydrazone groups is 1. The van der Waals surface area contributed by atoms with Crippen LogP contribution in [0.15, 0.2) is 5.10 Å². The lowest BCUT2D eigenvalue weighted by molar-refractivity contribution is -0.129. The second kappa shape index (κ2) is 3.59. The smallest absolute Gasteiger partial charge is 0.273 e. The van der Waals surface area contributed by atoms with Gasteiger partial charge in [0.25, 0.3) is 0 Å². The second-order valence-corrected chi connectivity index (χ2v) is 3.59. The molecule has 80 valence electrons. The standard InChI is InChI=1S/C8H11F3N2O/c1-5(2)4-13-7(14)3-6(12-13)8(9,10)11/h5H,3-4H2,1-2H3. The number of halogens is 3. The van der Waals surface area contributed by atoms with Crippen molar-refractivity contribution in [3.63, 3.8) is 0 Å². The number of nitrogens with zero attached hydrogens (tertiary/aromatic N) is 2. The van der Waals surface area contributed by atoms with Gasteiger partial charge in [0.05, 0.1) is 6.42 Å². The Morgan fingerprint density at radius 1 is 1.50 bits per heavy atom. The van der Waals surface area contributed by atoms with Crippen LogP contribution in [-0.4, -0.2) is 29.3 Å². The van der Waals surface area contributed by atoms with E-state index in [-0.39, 0.29) is 12.5 Å². The van der Waals surface area contributed by atoms with Gasteiger partial charge in [0.15, 0.2) is 5.71 Å². The van der Waals surface area contributed by atoms with Gasteiger partial charge in [-0.15, -0.1) is 0 Å². The lowest BCUT2D eigenvalue weighted by atomic mass is 10.2. The summed E-state index contributed by atoms with van der Waals surface area (Å²) in [5.41, 5.74) is -0.997. The van der Waals surface area contributed by atoms with E-state index >= 15 is 0 Å². The van der Waals surface area contributed by atoms with Gasteiger partial charge in [0.1, 0.15) is 0 Å². The van der Waals surface area contributed by atoms with Crippen molar-refractivity contribution in [3.8, 4) is 0 Å². The molecule has 1 heterocycles. The molecule has 0 aromatic heterocycles. The van der Waals surface area contributed by atoms with Crippen LogP contribution < -0.4 is 0 Å². The van der Waals surface area contributed by atoms with Crippen LogP contribution in [0.5, 0.6) is 0 Å². The third-order valence-corrected chi connectivity index (χ3v) is 1.71. The molecule has 0 aliphatic carbocycles. The maximum absolute atomic E-state index is 12.1. The molecule has 0 fully saturated rings. The molecule has 3 nitrogen and oxygen atoms in total. The molecule has 1 amide bonds. The Labute approximate surface area is 79.6 Å². The van der Waals surface area contributed by atoms with Crippen LogP contribution in [-0.2, 0) is 4.79 Å². The SMILES string of the molecule is CC(C)CN1N=C(C(F)(F)F)CC1=O. The topological polar surface area (TPSA) is 32.7 Å². The zero-order valence-electron chi connectivity index (χ0n) is 7.93. The van der Waals surface area contributed by atoms with Crippen molar-refractivity contribution in [1.82, 2.24) is 5.01 Å². The monoisotopic (exact) mass is 208 g/mol. The highest BCUT2D eigenvalue weighted by Gasteiger charge is 2.42. The maximum atomic E-state index is 12.1. The first kappa shape index (κ1) is 11.0. The van der Waals surface area contributed by atoms with Gasteiger partial charge in [0, 0.05) is 6.54 Å². The van der Waals surface area contributed by atoms with Crippen molar-refractivity contribution in [2.24, 2.45) is 11.0 Å². The zero-order valence-corrected chi connectivity index (χ0v) is 7.93. The van der Waals surface area contributed by atoms with Gasteiger partial charge < -0.3 is 0 Å². The Morgan fingerprint density at radius 3 is 2.43 bits per heavy atom. The van der Waals surface area contributed by atoms with Crippen LogP contribution in [0.3, 0.4) is 0 Å². The summed E-state index contributed by atoms with van der Waals surface area (Å²) in [5, 5.41) is 4.15. The quantitative estimate of drug-likeness (QED) is 0.681. The molecule has 0 atom stereocenters. The minimum absolute atomic E-state index is 0.107. The summed E-state index contributed by atoms with van der Waals surface area (Å²) in [6.07, 6.45) is -5.11. The molecule has 0 unspecified atom stereocenters. The third-order valence-electron chi connectivity index (χ3n) is 1.71. The third kappa shape index (κ3) is 2.46. The van der Waals surface area contributed by atoms with Gasteiger partial charge in [-0.1, -0.05) is 13.8 Å². The Kier molecular flexibility index (Phi) is 2.82. The lowest BCUT2D eigenvalue weighted by Crippen LogP contribution is -2.25. The Morgan fingerprint density at radius 2 is 2.07 bits per heavy atom. The summed E-state index contributed by atoms with van der Waals surface area (Å²) >= 11 is 0. The van der Waals surface area contributed by atoms with Gasteiger partial charge in [-0.2, -0.15) is 18.3 Å². The molecule has 0 bridgehead atoms. The molecule has 1 rings (SSSR count). The number of rotatable bonds is 2. The van der Waals surface area contributed by atoms with Crippen LogP contribution in [0.4, 0.5) is 13.2 Å². The summed E-state index contributed by atoms with van der Waals surface area (Å²) in [5.74, 6) is -0.471. The van der Waals surface area contributed by atoms with Crippen molar-refractivity contribution in [1.29, 1.82) is 0 Å². The normalized spacial score (nSPS) is 18.0. The van der Waals surface area contributed by atoms with Crippen LogP contribution in [0, 0.1) is 5.92 Å². The Bertz CT molecular complexity index is 270. The first-order valence-electron chi connectivity index (χ1n) is 4.25. The average molecular weight is 208 g/mol. The Balaban J connectivity index is 2.72. The molecule has 0 radical (unpaired) electrons. The van der Waals surface area contributed by atoms with Crippen LogP contribution in [0.2, 0.25) is 0 Å². The Hall–Kier alpha value is -1.07. The van der Waals surface area contributed by atoms with E-state index in [0.29, 0.717) is 0 Å². The van der Waals surface area contributed by atoms with Crippen molar-refractivity contribution in [3.05, 3.63) is 0 Å². The van der Waals surface area contributed by atoms with Crippen LogP contribution in [0.25, 0.3) is 0 Å². The molecular formula is C8H11F3N2O. The van der Waals surface area contributed by atoms with Crippen molar-refractivity contribution < 1.29 is 18.0 Å². The fourth-order valence-electron chi connectivity index (χ4n) is 1.12. The number of hydrogen-bond donors (Lipinski definition) is 0. The van der Waals surface area contributed by atoms with E-state index in [1.807, 2.05) is 13.8 Å². The number of amides is 1. The molecular weight excluding hydrogens is 197 g/mol. The summed E-state index contributed by atoms with van der Waals surface area (Å²) < 4.78 is 36.4. The highest BCUT2D eigenvalue weighted by molar-refractivity contribution is 6.07. The van der Waals surface area contributed by atoms with Crippen molar-refractivity contribution in [2.45, 2.75) is 26.4 Å². The average Bonchev–Trinajstić information content (AvgIpc) is 2.30. The summed E-state index contributed by atoms with van der Waals surface area (Å²) in [6, 6.07) is 0. The number of alkyl halides is 3. The molecule has 0 aromatic rings. The van der Waals surface area contributed by atoms with Gasteiger partial charge in [-0.25, -0.2) is 5.01 Å². The van der Waals surface area contributed by atoms with Crippen molar-refractivity contribution >= 4 is 11.6 Å². The number of hydrogen-bond acceptors (Lipinski definition) is 2. The molecule has 1 aliphatic rings. The molecule has 0 saturated carbocycles. The van der Waals surface area contributed by atoms with E-state index in [0.717, 1.165) is 5.01 Å². The highest BCUT2D eigenvalue weighted by Crippen LogP contribution is 2.24. The predicted molar refractivity (Wildman–Crippen MR) is 44.7 cm³/mol. The molecule has 0 aromatic carbocycles. The van der Waals surface area contributed by atoms with E-state index < -0.39 is 24.2 Å². The van der Waals surface area contributed by atoms with Gasteiger partial charge in [0.2, 0.25) is 5.91 Å². The fourth-order valence-corrected chi connectivity index (χ4v) is 1.12. The first-order chi connectivity index (χ1) is 6.30. The summed E-state index contributed by atoms with van der Waals surface area (Å²) in [7, 11) is 0. The molecule has 0 saturated heterocycles. The van der Waals surface area contributed by atoms with Gasteiger partial charge >= 0.3 is 6.18 Å². The highest BCUT2D eigenvalue weighted by atomic mass is 19.4. The minimum Gasteiger partial charge on any atom is -0.273 e. The van der Waals surface area contributed by atoms with Gasteiger partial charge in [-0.05, 0) is 5.92 Å². The summed E-state index contributed by atoms with van der Waals surface area (Å²) in [6.45, 7) is 3.86. The van der Waals surface area contributed by atoms with E-state index in [1.165, 1.54) is 0 Å². The number of carbonyl (C=O) groups is 1. The van der Waals surface area contributed by atoms with E-state index in [9.17, 15) is 18.0 Å². The maximum Gasteiger partial charge on any atom is 0.431 e. The van der Waals surface area contributed by atoms with E-state index in [1.54, 1.807) is 0 Å².